The van der Waals surface area contributed by atoms with Crippen molar-refractivity contribution in [3.8, 4) is 16.9 Å². The molecule has 3 aromatic heterocycles. The third kappa shape index (κ3) is 4.20. The van der Waals surface area contributed by atoms with Crippen molar-refractivity contribution < 1.29 is 23.8 Å². The van der Waals surface area contributed by atoms with Crippen molar-refractivity contribution in [2.24, 2.45) is 0 Å². The molecule has 0 aromatic carbocycles. The molecular formula is C22H24FN5O4. The van der Waals surface area contributed by atoms with E-state index in [0.717, 1.165) is 10.3 Å². The third-order valence-electron chi connectivity index (χ3n) is 5.14. The van der Waals surface area contributed by atoms with Gasteiger partial charge in [0.05, 0.1) is 17.3 Å². The van der Waals surface area contributed by atoms with Gasteiger partial charge in [0.2, 0.25) is 5.95 Å². The lowest BCUT2D eigenvalue weighted by Crippen LogP contribution is -2.50. The number of rotatable bonds is 3. The van der Waals surface area contributed by atoms with Gasteiger partial charge < -0.3 is 19.6 Å². The molecule has 1 saturated heterocycles. The van der Waals surface area contributed by atoms with Gasteiger partial charge in [-0.15, -0.1) is 5.10 Å². The summed E-state index contributed by atoms with van der Waals surface area (Å²) in [6, 6.07) is 5.04. The van der Waals surface area contributed by atoms with Crippen LogP contribution in [0.2, 0.25) is 0 Å². The van der Waals surface area contributed by atoms with Gasteiger partial charge in [0, 0.05) is 43.5 Å². The number of carbonyl (C=O) groups excluding carboxylic acids is 2. The first-order chi connectivity index (χ1) is 15.2. The Hall–Kier alpha value is -3.69. The fraction of sp³-hybridized carbons (Fsp3) is 0.364. The Morgan fingerprint density at radius 1 is 1.22 bits per heavy atom. The van der Waals surface area contributed by atoms with Crippen molar-refractivity contribution in [2.45, 2.75) is 26.4 Å². The topological polar surface area (TPSA) is 100 Å². The molecule has 0 radical (unpaired) electrons. The van der Waals surface area contributed by atoms with Gasteiger partial charge in [0.15, 0.2) is 6.29 Å². The van der Waals surface area contributed by atoms with Crippen molar-refractivity contribution in [1.82, 2.24) is 19.5 Å². The number of aromatic hydroxyl groups is 1. The van der Waals surface area contributed by atoms with E-state index in [1.165, 1.54) is 12.3 Å². The van der Waals surface area contributed by atoms with Crippen LogP contribution in [0.1, 0.15) is 31.1 Å². The van der Waals surface area contributed by atoms with Crippen LogP contribution in [-0.2, 0) is 4.74 Å². The van der Waals surface area contributed by atoms with Crippen LogP contribution >= 0.6 is 0 Å². The largest absolute Gasteiger partial charge is 0.506 e. The summed E-state index contributed by atoms with van der Waals surface area (Å²) in [4.78, 5) is 31.8. The van der Waals surface area contributed by atoms with Gasteiger partial charge in [0.25, 0.3) is 0 Å². The van der Waals surface area contributed by atoms with Crippen molar-refractivity contribution in [3.63, 3.8) is 0 Å². The number of amides is 1. The first-order valence-electron chi connectivity index (χ1n) is 10.2. The van der Waals surface area contributed by atoms with E-state index >= 15 is 0 Å². The van der Waals surface area contributed by atoms with Crippen LogP contribution in [0.4, 0.5) is 15.0 Å². The van der Waals surface area contributed by atoms with E-state index < -0.39 is 11.5 Å². The number of carbonyl (C=O) groups is 2. The molecule has 0 aliphatic carbocycles. The number of pyridine rings is 2. The number of halogens is 1. The van der Waals surface area contributed by atoms with Gasteiger partial charge in [-0.3, -0.25) is 4.79 Å². The molecule has 1 N–H and O–H groups in total. The number of aldehydes is 1. The summed E-state index contributed by atoms with van der Waals surface area (Å²) in [5.74, 6) is -0.293. The molecule has 1 fully saturated rings. The molecule has 0 unspecified atom stereocenters. The molecule has 0 atom stereocenters. The van der Waals surface area contributed by atoms with E-state index in [0.29, 0.717) is 43.6 Å². The zero-order chi connectivity index (χ0) is 23.0. The highest BCUT2D eigenvalue weighted by Gasteiger charge is 2.26. The number of aromatic nitrogens is 3. The standard InChI is InChI=1S/C22H24FN5O4/c1-22(2,3)32-21(31)27-8-6-26(7-9-27)18-5-4-14(11-24-18)16-10-15(30)12-28-19(16)17(13-29)20(23)25-28/h4-5,10-13,30H,6-9H2,1-3H3. The van der Waals surface area contributed by atoms with E-state index in [4.69, 9.17) is 4.74 Å². The van der Waals surface area contributed by atoms with E-state index in [2.05, 4.69) is 15.0 Å². The van der Waals surface area contributed by atoms with Gasteiger partial charge in [-0.25, -0.2) is 14.3 Å². The van der Waals surface area contributed by atoms with Crippen LogP contribution in [0.5, 0.6) is 5.75 Å². The molecule has 1 aliphatic heterocycles. The summed E-state index contributed by atoms with van der Waals surface area (Å²) in [5, 5.41) is 13.7. The number of anilines is 1. The van der Waals surface area contributed by atoms with E-state index in [1.807, 2.05) is 26.8 Å². The molecule has 32 heavy (non-hydrogen) atoms. The second kappa shape index (κ2) is 8.10. The highest BCUT2D eigenvalue weighted by molar-refractivity contribution is 5.95. The lowest BCUT2D eigenvalue weighted by molar-refractivity contribution is 0.0240. The molecule has 10 heteroatoms. The van der Waals surface area contributed by atoms with Crippen molar-refractivity contribution in [3.05, 3.63) is 42.1 Å². The van der Waals surface area contributed by atoms with Crippen molar-refractivity contribution in [2.75, 3.05) is 31.1 Å². The normalized spacial score (nSPS) is 14.6. The monoisotopic (exact) mass is 441 g/mol. The van der Waals surface area contributed by atoms with Gasteiger partial charge in [-0.05, 0) is 39.0 Å². The minimum atomic E-state index is -0.903. The summed E-state index contributed by atoms with van der Waals surface area (Å²) in [6.07, 6.45) is 2.92. The molecule has 0 spiro atoms. The predicted octanol–water partition coefficient (Wildman–Crippen LogP) is 3.11. The van der Waals surface area contributed by atoms with E-state index in [9.17, 15) is 19.1 Å². The Balaban J connectivity index is 1.53. The summed E-state index contributed by atoms with van der Waals surface area (Å²) >= 11 is 0. The first-order valence-corrected chi connectivity index (χ1v) is 10.2. The highest BCUT2D eigenvalue weighted by atomic mass is 19.1. The average Bonchev–Trinajstić information content (AvgIpc) is 3.06. The van der Waals surface area contributed by atoms with Gasteiger partial charge >= 0.3 is 6.09 Å². The molecule has 0 saturated carbocycles. The number of ether oxygens (including phenoxy) is 1. The van der Waals surface area contributed by atoms with Crippen LogP contribution < -0.4 is 4.90 Å². The molecule has 4 heterocycles. The van der Waals surface area contributed by atoms with Crippen LogP contribution in [-0.4, -0.2) is 68.8 Å². The maximum absolute atomic E-state index is 14.0. The predicted molar refractivity (Wildman–Crippen MR) is 115 cm³/mol. The maximum Gasteiger partial charge on any atom is 0.410 e. The van der Waals surface area contributed by atoms with Crippen LogP contribution in [0.15, 0.2) is 30.6 Å². The van der Waals surface area contributed by atoms with Crippen LogP contribution in [0.25, 0.3) is 16.6 Å². The molecule has 4 rings (SSSR count). The van der Waals surface area contributed by atoms with E-state index in [-0.39, 0.29) is 22.9 Å². The lowest BCUT2D eigenvalue weighted by Gasteiger charge is -2.36. The molecule has 9 nitrogen and oxygen atoms in total. The summed E-state index contributed by atoms with van der Waals surface area (Å²) in [5.41, 5.74) is 0.589. The Kier molecular flexibility index (Phi) is 5.45. The number of fused-ring (bicyclic) bond motifs is 1. The highest BCUT2D eigenvalue weighted by Crippen LogP contribution is 2.31. The fourth-order valence-electron chi connectivity index (χ4n) is 3.66. The molecule has 1 aliphatic rings. The quantitative estimate of drug-likeness (QED) is 0.624. The average molecular weight is 441 g/mol. The first kappa shape index (κ1) is 21.5. The number of piperazine rings is 1. The van der Waals surface area contributed by atoms with Crippen LogP contribution in [0, 0.1) is 5.95 Å². The minimum Gasteiger partial charge on any atom is -0.506 e. The second-order valence-electron chi connectivity index (χ2n) is 8.59. The summed E-state index contributed by atoms with van der Waals surface area (Å²) in [7, 11) is 0. The Labute approximate surface area is 184 Å². The number of hydrogen-bond donors (Lipinski definition) is 1. The lowest BCUT2D eigenvalue weighted by atomic mass is 10.1. The number of hydrogen-bond acceptors (Lipinski definition) is 7. The summed E-state index contributed by atoms with van der Waals surface area (Å²) in [6.45, 7) is 7.75. The fourth-order valence-corrected chi connectivity index (χ4v) is 3.66. The molecule has 0 bridgehead atoms. The van der Waals surface area contributed by atoms with Crippen LogP contribution in [0.3, 0.4) is 0 Å². The molecule has 3 aromatic rings. The zero-order valence-electron chi connectivity index (χ0n) is 18.1. The third-order valence-corrected chi connectivity index (χ3v) is 5.14. The van der Waals surface area contributed by atoms with Gasteiger partial charge in [0.1, 0.15) is 17.2 Å². The number of nitrogens with zero attached hydrogens (tertiary/aromatic N) is 5. The SMILES string of the molecule is CC(C)(C)OC(=O)N1CCN(c2ccc(-c3cc(O)cn4nc(F)c(C=O)c34)cn2)CC1. The molecule has 168 valence electrons. The molecular weight excluding hydrogens is 417 g/mol. The van der Waals surface area contributed by atoms with Crippen molar-refractivity contribution >= 4 is 23.7 Å². The Bertz CT molecular complexity index is 1160. The van der Waals surface area contributed by atoms with Gasteiger partial charge in [-0.1, -0.05) is 0 Å². The molecule has 1 amide bonds. The second-order valence-corrected chi connectivity index (χ2v) is 8.59. The van der Waals surface area contributed by atoms with Gasteiger partial charge in [-0.2, -0.15) is 4.39 Å². The van der Waals surface area contributed by atoms with E-state index in [1.54, 1.807) is 17.2 Å². The van der Waals surface area contributed by atoms with Crippen molar-refractivity contribution in [1.29, 1.82) is 0 Å². The minimum absolute atomic E-state index is 0.116. The Morgan fingerprint density at radius 2 is 1.94 bits per heavy atom. The Morgan fingerprint density at radius 3 is 2.53 bits per heavy atom. The smallest absolute Gasteiger partial charge is 0.410 e. The maximum atomic E-state index is 14.0. The zero-order valence-corrected chi connectivity index (χ0v) is 18.1. The summed E-state index contributed by atoms with van der Waals surface area (Å²) < 4.78 is 20.6.